The van der Waals surface area contributed by atoms with Gasteiger partial charge in [0.15, 0.2) is 0 Å². The smallest absolute Gasteiger partial charge is 0.232 e. The van der Waals surface area contributed by atoms with Crippen LogP contribution < -0.4 is 10.6 Å². The van der Waals surface area contributed by atoms with Gasteiger partial charge in [-0.3, -0.25) is 4.79 Å². The molecule has 1 aromatic carbocycles. The Kier molecular flexibility index (Phi) is 2.63. The number of hydrogen-bond acceptors (Lipinski definition) is 2. The maximum absolute atomic E-state index is 12.1. The molecule has 1 unspecified atom stereocenters. The van der Waals surface area contributed by atoms with Crippen LogP contribution >= 0.6 is 0 Å². The van der Waals surface area contributed by atoms with E-state index in [-0.39, 0.29) is 11.8 Å². The minimum Gasteiger partial charge on any atom is -0.325 e. The molecule has 3 rings (SSSR count). The Hall–Kier alpha value is -1.35. The first-order valence-electron chi connectivity index (χ1n) is 6.38. The zero-order valence-corrected chi connectivity index (χ0v) is 10.1. The number of carbonyl (C=O) groups excluding carboxylic acids is 1. The van der Waals surface area contributed by atoms with Crippen LogP contribution in [0.1, 0.15) is 29.9 Å². The fourth-order valence-electron chi connectivity index (χ4n) is 3.05. The third kappa shape index (κ3) is 1.84. The van der Waals surface area contributed by atoms with Crippen LogP contribution in [0.25, 0.3) is 0 Å². The topological polar surface area (TPSA) is 41.1 Å². The lowest BCUT2D eigenvalue weighted by atomic mass is 9.81. The van der Waals surface area contributed by atoms with E-state index in [1.807, 2.05) is 6.07 Å². The zero-order chi connectivity index (χ0) is 11.8. The number of rotatable bonds is 1. The van der Waals surface area contributed by atoms with Gasteiger partial charge in [-0.2, -0.15) is 0 Å². The lowest BCUT2D eigenvalue weighted by Gasteiger charge is -2.27. The fraction of sp³-hybridized carbons (Fsp3) is 0.500. The molecule has 1 atom stereocenters. The van der Waals surface area contributed by atoms with Gasteiger partial charge in [0, 0.05) is 5.69 Å². The van der Waals surface area contributed by atoms with E-state index in [1.165, 1.54) is 11.1 Å². The van der Waals surface area contributed by atoms with E-state index in [0.717, 1.165) is 31.6 Å². The summed E-state index contributed by atoms with van der Waals surface area (Å²) < 4.78 is 0. The summed E-state index contributed by atoms with van der Waals surface area (Å²) in [4.78, 5) is 12.1. The number of amides is 1. The molecule has 1 aromatic rings. The Morgan fingerprint density at radius 3 is 2.76 bits per heavy atom. The van der Waals surface area contributed by atoms with Gasteiger partial charge in [-0.1, -0.05) is 17.7 Å². The van der Waals surface area contributed by atoms with Crippen LogP contribution in [-0.2, 0) is 4.79 Å². The number of hydrogen-bond donors (Lipinski definition) is 2. The Labute approximate surface area is 102 Å². The molecule has 3 nitrogen and oxygen atoms in total. The van der Waals surface area contributed by atoms with Crippen LogP contribution in [0.4, 0.5) is 5.69 Å². The van der Waals surface area contributed by atoms with Crippen molar-refractivity contribution in [2.75, 3.05) is 18.4 Å². The Morgan fingerprint density at radius 1 is 1.24 bits per heavy atom. The van der Waals surface area contributed by atoms with Gasteiger partial charge < -0.3 is 10.6 Å². The summed E-state index contributed by atoms with van der Waals surface area (Å²) in [6.45, 7) is 4.16. The number of fused-ring (bicyclic) bond motifs is 1. The highest BCUT2D eigenvalue weighted by molar-refractivity contribution is 6.03. The van der Waals surface area contributed by atoms with Crippen LogP contribution in [0.15, 0.2) is 18.2 Å². The number of anilines is 1. The lowest BCUT2D eigenvalue weighted by molar-refractivity contribution is -0.118. The van der Waals surface area contributed by atoms with Crippen molar-refractivity contribution in [1.82, 2.24) is 5.32 Å². The highest BCUT2D eigenvalue weighted by Crippen LogP contribution is 2.40. The predicted molar refractivity (Wildman–Crippen MR) is 68.1 cm³/mol. The molecule has 0 saturated carbocycles. The second-order valence-corrected chi connectivity index (χ2v) is 5.15. The summed E-state index contributed by atoms with van der Waals surface area (Å²) in [5.74, 6) is 0.767. The van der Waals surface area contributed by atoms with Crippen LogP contribution in [0.5, 0.6) is 0 Å². The molecule has 2 aliphatic heterocycles. The molecule has 0 aliphatic carbocycles. The van der Waals surface area contributed by atoms with Crippen molar-refractivity contribution in [3.05, 3.63) is 29.3 Å². The van der Waals surface area contributed by atoms with Crippen LogP contribution in [0.3, 0.4) is 0 Å². The number of piperidine rings is 1. The lowest BCUT2D eigenvalue weighted by Crippen LogP contribution is -2.33. The fourth-order valence-corrected chi connectivity index (χ4v) is 3.05. The first kappa shape index (κ1) is 10.8. The predicted octanol–water partition coefficient (Wildman–Crippen LogP) is 2.03. The van der Waals surface area contributed by atoms with Gasteiger partial charge in [-0.15, -0.1) is 0 Å². The Morgan fingerprint density at radius 2 is 2.00 bits per heavy atom. The summed E-state index contributed by atoms with van der Waals surface area (Å²) in [7, 11) is 0. The Balaban J connectivity index is 1.95. The average molecular weight is 230 g/mol. The third-order valence-electron chi connectivity index (χ3n) is 3.94. The highest BCUT2D eigenvalue weighted by Gasteiger charge is 2.37. The second kappa shape index (κ2) is 4.15. The van der Waals surface area contributed by atoms with E-state index >= 15 is 0 Å². The van der Waals surface area contributed by atoms with Gasteiger partial charge in [0.25, 0.3) is 0 Å². The molecular weight excluding hydrogens is 212 g/mol. The minimum absolute atomic E-state index is 0.0759. The molecule has 2 heterocycles. The number of carbonyl (C=O) groups is 1. The summed E-state index contributed by atoms with van der Waals surface area (Å²) in [5.41, 5.74) is 3.46. The van der Waals surface area contributed by atoms with Gasteiger partial charge in [0.2, 0.25) is 5.91 Å². The molecule has 1 saturated heterocycles. The first-order valence-corrected chi connectivity index (χ1v) is 6.38. The zero-order valence-electron chi connectivity index (χ0n) is 10.1. The largest absolute Gasteiger partial charge is 0.325 e. The molecule has 0 bridgehead atoms. The molecule has 17 heavy (non-hydrogen) atoms. The maximum atomic E-state index is 12.1. The van der Waals surface area contributed by atoms with Crippen molar-refractivity contribution in [1.29, 1.82) is 0 Å². The highest BCUT2D eigenvalue weighted by atomic mass is 16.2. The summed E-state index contributed by atoms with van der Waals surface area (Å²) >= 11 is 0. The summed E-state index contributed by atoms with van der Waals surface area (Å²) in [6.07, 6.45) is 2.21. The second-order valence-electron chi connectivity index (χ2n) is 5.15. The molecule has 2 N–H and O–H groups in total. The molecular formula is C14H18N2O. The number of benzene rings is 1. The molecule has 90 valence electrons. The van der Waals surface area contributed by atoms with Crippen molar-refractivity contribution in [2.45, 2.75) is 25.7 Å². The van der Waals surface area contributed by atoms with Crippen LogP contribution in [-0.4, -0.2) is 19.0 Å². The monoisotopic (exact) mass is 230 g/mol. The van der Waals surface area contributed by atoms with Crippen molar-refractivity contribution in [2.24, 2.45) is 5.92 Å². The van der Waals surface area contributed by atoms with Crippen LogP contribution in [0.2, 0.25) is 0 Å². The van der Waals surface area contributed by atoms with Crippen LogP contribution in [0, 0.1) is 12.8 Å². The van der Waals surface area contributed by atoms with Gasteiger partial charge in [0.05, 0.1) is 5.92 Å². The van der Waals surface area contributed by atoms with E-state index in [2.05, 4.69) is 29.7 Å². The summed E-state index contributed by atoms with van der Waals surface area (Å²) in [6, 6.07) is 6.26. The van der Waals surface area contributed by atoms with Crippen molar-refractivity contribution in [3.63, 3.8) is 0 Å². The molecule has 0 aromatic heterocycles. The minimum atomic E-state index is 0.0759. The normalized spacial score (nSPS) is 24.5. The van der Waals surface area contributed by atoms with Gasteiger partial charge in [0.1, 0.15) is 0 Å². The van der Waals surface area contributed by atoms with E-state index in [4.69, 9.17) is 0 Å². The molecule has 0 spiro atoms. The number of aryl methyl sites for hydroxylation is 1. The van der Waals surface area contributed by atoms with E-state index < -0.39 is 0 Å². The quantitative estimate of drug-likeness (QED) is 0.775. The van der Waals surface area contributed by atoms with Gasteiger partial charge in [-0.25, -0.2) is 0 Å². The van der Waals surface area contributed by atoms with E-state index in [1.54, 1.807) is 0 Å². The molecule has 3 heteroatoms. The first-order chi connectivity index (χ1) is 8.25. The molecule has 1 fully saturated rings. The Bertz CT molecular complexity index is 450. The van der Waals surface area contributed by atoms with Crippen molar-refractivity contribution in [3.8, 4) is 0 Å². The maximum Gasteiger partial charge on any atom is 0.232 e. The van der Waals surface area contributed by atoms with Crippen molar-refractivity contribution >= 4 is 11.6 Å². The molecule has 0 radical (unpaired) electrons. The number of nitrogens with one attached hydrogen (secondary N) is 2. The SMILES string of the molecule is Cc1ccc2c(c1)C(C1CCNCC1)C(=O)N2. The third-order valence-corrected chi connectivity index (χ3v) is 3.94. The van der Waals surface area contributed by atoms with Crippen molar-refractivity contribution < 1.29 is 4.79 Å². The standard InChI is InChI=1S/C14H18N2O/c1-9-2-3-12-11(8-9)13(14(17)16-12)10-4-6-15-7-5-10/h2-3,8,10,13,15H,4-7H2,1H3,(H,16,17). The summed E-state index contributed by atoms with van der Waals surface area (Å²) in [5, 5.41) is 6.37. The van der Waals surface area contributed by atoms with Gasteiger partial charge >= 0.3 is 0 Å². The molecule has 1 amide bonds. The van der Waals surface area contributed by atoms with Gasteiger partial charge in [-0.05, 0) is 50.4 Å². The van der Waals surface area contributed by atoms with E-state index in [9.17, 15) is 4.79 Å². The molecule has 2 aliphatic rings. The average Bonchev–Trinajstić information content (AvgIpc) is 2.65. The van der Waals surface area contributed by atoms with E-state index in [0.29, 0.717) is 5.92 Å².